The highest BCUT2D eigenvalue weighted by atomic mass is 35.5. The van der Waals surface area contributed by atoms with Crippen molar-refractivity contribution in [2.24, 2.45) is 0 Å². The zero-order chi connectivity index (χ0) is 24.7. The molecule has 2 aliphatic heterocycles. The van der Waals surface area contributed by atoms with Gasteiger partial charge < -0.3 is 19.5 Å². The molecule has 2 aliphatic rings. The second kappa shape index (κ2) is 12.3. The average Bonchev–Trinajstić information content (AvgIpc) is 2.80. The van der Waals surface area contributed by atoms with Crippen molar-refractivity contribution in [2.45, 2.75) is 52.9 Å². The standard InChI is InChI=1S/C26H35ClN2O5/c1-5-32-25(30)22-17(3)28-18(4)23(26(31)33-6-2)24(22)19-10-11-21(20(27)16-19)34-15-14-29-12-8-7-9-13-29/h10-11,16,24,28H,5-9,12-15H2,1-4H3. The number of likely N-dealkylation sites (tertiary alicyclic amines) is 1. The molecule has 3 rings (SSSR count). The molecule has 2 heterocycles. The fourth-order valence-corrected chi connectivity index (χ4v) is 4.81. The highest BCUT2D eigenvalue weighted by Gasteiger charge is 2.38. The number of ether oxygens (including phenoxy) is 3. The van der Waals surface area contributed by atoms with Crippen molar-refractivity contribution in [1.82, 2.24) is 10.2 Å². The highest BCUT2D eigenvalue weighted by molar-refractivity contribution is 6.32. The zero-order valence-corrected chi connectivity index (χ0v) is 21.3. The van der Waals surface area contributed by atoms with Crippen LogP contribution in [0, 0.1) is 0 Å². The van der Waals surface area contributed by atoms with Gasteiger partial charge in [-0.2, -0.15) is 0 Å². The van der Waals surface area contributed by atoms with Crippen LogP contribution < -0.4 is 10.1 Å². The van der Waals surface area contributed by atoms with E-state index in [2.05, 4.69) is 10.2 Å². The molecule has 1 saturated heterocycles. The molecular weight excluding hydrogens is 456 g/mol. The van der Waals surface area contributed by atoms with Crippen molar-refractivity contribution in [3.63, 3.8) is 0 Å². The topological polar surface area (TPSA) is 77.1 Å². The number of piperidine rings is 1. The Morgan fingerprint density at radius 3 is 2.12 bits per heavy atom. The van der Waals surface area contributed by atoms with Crippen molar-refractivity contribution in [3.05, 3.63) is 51.3 Å². The van der Waals surface area contributed by atoms with Crippen LogP contribution in [0.1, 0.15) is 58.4 Å². The lowest BCUT2D eigenvalue weighted by Crippen LogP contribution is -2.33. The quantitative estimate of drug-likeness (QED) is 0.508. The van der Waals surface area contributed by atoms with E-state index in [4.69, 9.17) is 25.8 Å². The van der Waals surface area contributed by atoms with Crippen LogP contribution in [0.25, 0.3) is 0 Å². The molecule has 0 bridgehead atoms. The molecule has 0 atom stereocenters. The van der Waals surface area contributed by atoms with Crippen molar-refractivity contribution in [3.8, 4) is 5.75 Å². The van der Waals surface area contributed by atoms with Gasteiger partial charge in [-0.15, -0.1) is 0 Å². The first-order valence-electron chi connectivity index (χ1n) is 12.0. The molecule has 186 valence electrons. The van der Waals surface area contributed by atoms with Gasteiger partial charge >= 0.3 is 11.9 Å². The molecule has 0 spiro atoms. The molecule has 0 unspecified atom stereocenters. The first kappa shape index (κ1) is 26.1. The highest BCUT2D eigenvalue weighted by Crippen LogP contribution is 2.41. The van der Waals surface area contributed by atoms with Gasteiger partial charge in [0, 0.05) is 17.9 Å². The Morgan fingerprint density at radius 2 is 1.59 bits per heavy atom. The molecule has 0 aromatic heterocycles. The number of allylic oxidation sites excluding steroid dienone is 2. The summed E-state index contributed by atoms with van der Waals surface area (Å²) in [5, 5.41) is 3.57. The van der Waals surface area contributed by atoms with Gasteiger partial charge in [-0.05, 0) is 71.3 Å². The van der Waals surface area contributed by atoms with E-state index in [1.54, 1.807) is 39.8 Å². The Kier molecular flexibility index (Phi) is 9.42. The van der Waals surface area contributed by atoms with E-state index >= 15 is 0 Å². The minimum Gasteiger partial charge on any atom is -0.491 e. The SMILES string of the molecule is CCOC(=O)C1=C(C)NC(C)=C(C(=O)OCC)C1c1ccc(OCCN2CCCCC2)c(Cl)c1. The van der Waals surface area contributed by atoms with Gasteiger partial charge in [0.25, 0.3) is 0 Å². The normalized spacial score (nSPS) is 17.4. The van der Waals surface area contributed by atoms with E-state index in [0.717, 1.165) is 19.6 Å². The molecule has 0 amide bonds. The molecule has 34 heavy (non-hydrogen) atoms. The number of carbonyl (C=O) groups is 2. The fourth-order valence-electron chi connectivity index (χ4n) is 4.57. The summed E-state index contributed by atoms with van der Waals surface area (Å²) in [6, 6.07) is 5.40. The fraction of sp³-hybridized carbons (Fsp3) is 0.538. The summed E-state index contributed by atoms with van der Waals surface area (Å²) in [6.07, 6.45) is 3.76. The van der Waals surface area contributed by atoms with Gasteiger partial charge in [-0.3, -0.25) is 4.90 Å². The molecular formula is C26H35ClN2O5. The Balaban J connectivity index is 1.88. The summed E-state index contributed by atoms with van der Waals surface area (Å²) in [7, 11) is 0. The van der Waals surface area contributed by atoms with Crippen molar-refractivity contribution < 1.29 is 23.8 Å². The van der Waals surface area contributed by atoms with E-state index in [1.807, 2.05) is 6.07 Å². The minimum absolute atomic E-state index is 0.227. The maximum Gasteiger partial charge on any atom is 0.336 e. The van der Waals surface area contributed by atoms with E-state index in [9.17, 15) is 9.59 Å². The van der Waals surface area contributed by atoms with Crippen LogP contribution in [0.3, 0.4) is 0 Å². The van der Waals surface area contributed by atoms with E-state index in [0.29, 0.717) is 45.5 Å². The molecule has 7 nitrogen and oxygen atoms in total. The molecule has 0 radical (unpaired) electrons. The predicted octanol–water partition coefficient (Wildman–Crippen LogP) is 4.57. The third-order valence-electron chi connectivity index (χ3n) is 6.15. The van der Waals surface area contributed by atoms with E-state index in [-0.39, 0.29) is 13.2 Å². The summed E-state index contributed by atoms with van der Waals surface area (Å²) in [5.74, 6) is -1.05. The monoisotopic (exact) mass is 490 g/mol. The molecule has 8 heteroatoms. The second-order valence-electron chi connectivity index (χ2n) is 8.52. The molecule has 0 saturated carbocycles. The number of nitrogens with zero attached hydrogens (tertiary/aromatic N) is 1. The maximum atomic E-state index is 12.9. The lowest BCUT2D eigenvalue weighted by Gasteiger charge is -2.30. The molecule has 1 aromatic rings. The van der Waals surface area contributed by atoms with E-state index in [1.165, 1.54) is 19.3 Å². The van der Waals surface area contributed by atoms with Crippen molar-refractivity contribution in [1.29, 1.82) is 0 Å². The van der Waals surface area contributed by atoms with Crippen LogP contribution in [0.4, 0.5) is 0 Å². The van der Waals surface area contributed by atoms with Crippen LogP contribution >= 0.6 is 11.6 Å². The number of hydrogen-bond donors (Lipinski definition) is 1. The van der Waals surface area contributed by atoms with Gasteiger partial charge in [0.15, 0.2) is 0 Å². The summed E-state index contributed by atoms with van der Waals surface area (Å²) >= 11 is 6.60. The van der Waals surface area contributed by atoms with Crippen LogP contribution in [0.15, 0.2) is 40.7 Å². The van der Waals surface area contributed by atoms with Crippen LogP contribution in [-0.2, 0) is 19.1 Å². The Hall–Kier alpha value is -2.51. The first-order valence-corrected chi connectivity index (χ1v) is 12.4. The average molecular weight is 491 g/mol. The summed E-state index contributed by atoms with van der Waals surface area (Å²) in [6.45, 7) is 11.2. The second-order valence-corrected chi connectivity index (χ2v) is 8.92. The van der Waals surface area contributed by atoms with Crippen LogP contribution in [0.2, 0.25) is 5.02 Å². The molecule has 1 N–H and O–H groups in total. The van der Waals surface area contributed by atoms with Gasteiger partial charge in [0.1, 0.15) is 12.4 Å². The van der Waals surface area contributed by atoms with Gasteiger partial charge in [0.05, 0.1) is 35.3 Å². The molecule has 1 fully saturated rings. The third kappa shape index (κ3) is 6.13. The number of carbonyl (C=O) groups excluding carboxylic acids is 2. The first-order chi connectivity index (χ1) is 16.4. The number of dihydropyridines is 1. The Morgan fingerprint density at radius 1 is 1.00 bits per heavy atom. The zero-order valence-electron chi connectivity index (χ0n) is 20.5. The number of halogens is 1. The number of esters is 2. The Labute approximate surface area is 207 Å². The maximum absolute atomic E-state index is 12.9. The van der Waals surface area contributed by atoms with Gasteiger partial charge in [-0.1, -0.05) is 24.1 Å². The predicted molar refractivity (Wildman–Crippen MR) is 132 cm³/mol. The minimum atomic E-state index is -0.667. The number of hydrogen-bond acceptors (Lipinski definition) is 7. The number of rotatable bonds is 9. The van der Waals surface area contributed by atoms with E-state index < -0.39 is 17.9 Å². The number of benzene rings is 1. The smallest absolute Gasteiger partial charge is 0.336 e. The van der Waals surface area contributed by atoms with Crippen LogP contribution in [-0.4, -0.2) is 56.3 Å². The summed E-state index contributed by atoms with van der Waals surface area (Å²) in [5.41, 5.74) is 2.69. The largest absolute Gasteiger partial charge is 0.491 e. The number of nitrogens with one attached hydrogen (secondary N) is 1. The summed E-state index contributed by atoms with van der Waals surface area (Å²) < 4.78 is 16.6. The van der Waals surface area contributed by atoms with Crippen molar-refractivity contribution in [2.75, 3.05) is 39.5 Å². The van der Waals surface area contributed by atoms with Gasteiger partial charge in [0.2, 0.25) is 0 Å². The van der Waals surface area contributed by atoms with Gasteiger partial charge in [-0.25, -0.2) is 9.59 Å². The van der Waals surface area contributed by atoms with Crippen molar-refractivity contribution >= 4 is 23.5 Å². The third-order valence-corrected chi connectivity index (χ3v) is 6.45. The molecule has 0 aliphatic carbocycles. The van der Waals surface area contributed by atoms with Crippen LogP contribution in [0.5, 0.6) is 5.75 Å². The lowest BCUT2D eigenvalue weighted by molar-refractivity contribution is -0.139. The Bertz CT molecular complexity index is 926. The summed E-state index contributed by atoms with van der Waals surface area (Å²) in [4.78, 5) is 28.2. The molecule has 1 aromatic carbocycles. The lowest BCUT2D eigenvalue weighted by atomic mass is 9.80.